The average Bonchev–Trinajstić information content (AvgIpc) is 2.50. The number of carbonyl (C=O) groups excluding carboxylic acids is 2. The van der Waals surface area contributed by atoms with Gasteiger partial charge in [-0.2, -0.15) is 0 Å². The van der Waals surface area contributed by atoms with E-state index in [0.29, 0.717) is 6.42 Å². The van der Waals surface area contributed by atoms with Gasteiger partial charge in [-0.05, 0) is 25.0 Å². The van der Waals surface area contributed by atoms with Crippen LogP contribution in [-0.2, 0) is 9.59 Å². The fourth-order valence-electron chi connectivity index (χ4n) is 2.49. The molecule has 2 amide bonds. The molecule has 1 aliphatic rings. The highest BCUT2D eigenvalue weighted by Gasteiger charge is 2.24. The third kappa shape index (κ3) is 4.24. The van der Waals surface area contributed by atoms with Crippen LogP contribution in [0, 0.1) is 17.6 Å². The molecule has 0 saturated heterocycles. The van der Waals surface area contributed by atoms with E-state index in [-0.39, 0.29) is 18.2 Å². The summed E-state index contributed by atoms with van der Waals surface area (Å²) in [5.74, 6) is -4.04. The fourth-order valence-corrected chi connectivity index (χ4v) is 2.49. The Balaban J connectivity index is 1.84. The first-order valence-corrected chi connectivity index (χ1v) is 7.19. The molecule has 22 heavy (non-hydrogen) atoms. The Morgan fingerprint density at radius 2 is 1.86 bits per heavy atom. The lowest BCUT2D eigenvalue weighted by Gasteiger charge is -2.27. The predicted molar refractivity (Wildman–Crippen MR) is 76.0 cm³/mol. The van der Waals surface area contributed by atoms with Crippen molar-refractivity contribution in [3.05, 3.63) is 29.8 Å². The third-order valence-corrected chi connectivity index (χ3v) is 3.78. The number of amides is 2. The largest absolute Gasteiger partial charge is 0.393 e. The summed E-state index contributed by atoms with van der Waals surface area (Å²) in [7, 11) is 0. The van der Waals surface area contributed by atoms with Gasteiger partial charge in [0.1, 0.15) is 0 Å². The number of hydrogen-bond donors (Lipinski definition) is 3. The van der Waals surface area contributed by atoms with Gasteiger partial charge in [0.25, 0.3) is 0 Å². The Bertz CT molecular complexity index is 566. The molecular formula is C15H18F2N2O3. The van der Waals surface area contributed by atoms with Crippen LogP contribution < -0.4 is 10.6 Å². The van der Waals surface area contributed by atoms with E-state index >= 15 is 0 Å². The highest BCUT2D eigenvalue weighted by molar-refractivity contribution is 6.39. The van der Waals surface area contributed by atoms with Gasteiger partial charge in [0.05, 0.1) is 6.10 Å². The molecule has 0 bridgehead atoms. The van der Waals surface area contributed by atoms with Crippen LogP contribution in [0.5, 0.6) is 0 Å². The molecule has 7 heteroatoms. The van der Waals surface area contributed by atoms with E-state index in [1.54, 1.807) is 0 Å². The summed E-state index contributed by atoms with van der Waals surface area (Å²) in [5.41, 5.74) is -0.00301. The maximum Gasteiger partial charge on any atom is 0.313 e. The van der Waals surface area contributed by atoms with Crippen molar-refractivity contribution in [2.45, 2.75) is 31.8 Å². The fraction of sp³-hybridized carbons (Fsp3) is 0.467. The lowest BCUT2D eigenvalue weighted by atomic mass is 9.86. The van der Waals surface area contributed by atoms with Crippen LogP contribution in [-0.4, -0.2) is 29.6 Å². The van der Waals surface area contributed by atoms with Gasteiger partial charge in [0.2, 0.25) is 0 Å². The quantitative estimate of drug-likeness (QED) is 0.741. The zero-order valence-corrected chi connectivity index (χ0v) is 11.9. The number of aliphatic hydroxyl groups is 1. The van der Waals surface area contributed by atoms with Crippen LogP contribution >= 0.6 is 0 Å². The Kier molecular flexibility index (Phi) is 5.43. The molecule has 1 fully saturated rings. The van der Waals surface area contributed by atoms with Crippen molar-refractivity contribution in [3.8, 4) is 0 Å². The van der Waals surface area contributed by atoms with Gasteiger partial charge in [0.15, 0.2) is 11.6 Å². The number of benzene rings is 1. The summed E-state index contributed by atoms with van der Waals surface area (Å²) in [6.07, 6.45) is 2.97. The molecule has 0 spiro atoms. The standard InChI is InChI=1S/C15H18F2N2O3/c16-11-6-5-10(7-12(11)17)19-15(22)14(21)18-8-9-3-1-2-4-13(9)20/h5-7,9,13,20H,1-4,8H2,(H,18,21)(H,19,22)/t9-,13+/m0/s1. The monoisotopic (exact) mass is 312 g/mol. The van der Waals surface area contributed by atoms with Gasteiger partial charge >= 0.3 is 11.8 Å². The van der Waals surface area contributed by atoms with Crippen molar-refractivity contribution in [1.82, 2.24) is 5.32 Å². The number of carbonyl (C=O) groups is 2. The molecule has 3 N–H and O–H groups in total. The number of nitrogens with one attached hydrogen (secondary N) is 2. The molecule has 0 radical (unpaired) electrons. The Hall–Kier alpha value is -2.02. The first-order chi connectivity index (χ1) is 10.5. The molecule has 120 valence electrons. The highest BCUT2D eigenvalue weighted by atomic mass is 19.2. The SMILES string of the molecule is O=C(NC[C@@H]1CCCC[C@H]1O)C(=O)Nc1ccc(F)c(F)c1. The summed E-state index contributed by atoms with van der Waals surface area (Å²) >= 11 is 0. The summed E-state index contributed by atoms with van der Waals surface area (Å²) in [4.78, 5) is 23.3. The zero-order valence-electron chi connectivity index (χ0n) is 11.9. The van der Waals surface area contributed by atoms with Crippen molar-refractivity contribution in [2.75, 3.05) is 11.9 Å². The second-order valence-electron chi connectivity index (χ2n) is 5.40. The highest BCUT2D eigenvalue weighted by Crippen LogP contribution is 2.23. The molecule has 0 aliphatic heterocycles. The molecule has 5 nitrogen and oxygen atoms in total. The summed E-state index contributed by atoms with van der Waals surface area (Å²) in [6.45, 7) is 0.213. The number of halogens is 2. The number of anilines is 1. The second-order valence-corrected chi connectivity index (χ2v) is 5.40. The van der Waals surface area contributed by atoms with Crippen LogP contribution in [0.4, 0.5) is 14.5 Å². The maximum atomic E-state index is 13.0. The van der Waals surface area contributed by atoms with Crippen LogP contribution in [0.15, 0.2) is 18.2 Å². The zero-order chi connectivity index (χ0) is 16.1. The van der Waals surface area contributed by atoms with E-state index in [1.807, 2.05) is 0 Å². The van der Waals surface area contributed by atoms with Gasteiger partial charge in [-0.3, -0.25) is 9.59 Å². The van der Waals surface area contributed by atoms with Crippen molar-refractivity contribution >= 4 is 17.5 Å². The van der Waals surface area contributed by atoms with E-state index in [2.05, 4.69) is 10.6 Å². The van der Waals surface area contributed by atoms with E-state index in [1.165, 1.54) is 0 Å². The van der Waals surface area contributed by atoms with Crippen molar-refractivity contribution < 1.29 is 23.5 Å². The maximum absolute atomic E-state index is 13.0. The Morgan fingerprint density at radius 3 is 2.55 bits per heavy atom. The predicted octanol–water partition coefficient (Wildman–Crippen LogP) is 1.57. The molecule has 2 atom stereocenters. The second kappa shape index (κ2) is 7.31. The normalized spacial score (nSPS) is 21.2. The van der Waals surface area contributed by atoms with E-state index in [0.717, 1.165) is 37.5 Å². The molecule has 1 aromatic rings. The molecule has 0 heterocycles. The molecule has 0 aromatic heterocycles. The number of aliphatic hydroxyl groups excluding tert-OH is 1. The average molecular weight is 312 g/mol. The Morgan fingerprint density at radius 1 is 1.14 bits per heavy atom. The van der Waals surface area contributed by atoms with Crippen LogP contribution in [0.2, 0.25) is 0 Å². The molecule has 0 unspecified atom stereocenters. The molecule has 2 rings (SSSR count). The summed E-state index contributed by atoms with van der Waals surface area (Å²) in [5, 5.41) is 14.4. The minimum atomic E-state index is -1.11. The van der Waals surface area contributed by atoms with Crippen LogP contribution in [0.1, 0.15) is 25.7 Å². The molecular weight excluding hydrogens is 294 g/mol. The molecule has 1 saturated carbocycles. The first kappa shape index (κ1) is 16.4. The van der Waals surface area contributed by atoms with Crippen molar-refractivity contribution in [3.63, 3.8) is 0 Å². The minimum Gasteiger partial charge on any atom is -0.393 e. The van der Waals surface area contributed by atoms with Gasteiger partial charge in [-0.1, -0.05) is 12.8 Å². The summed E-state index contributed by atoms with van der Waals surface area (Å²) in [6, 6.07) is 2.82. The van der Waals surface area contributed by atoms with Gasteiger partial charge in [-0.15, -0.1) is 0 Å². The Labute approximate surface area is 126 Å². The lowest BCUT2D eigenvalue weighted by molar-refractivity contribution is -0.136. The van der Waals surface area contributed by atoms with Crippen LogP contribution in [0.3, 0.4) is 0 Å². The summed E-state index contributed by atoms with van der Waals surface area (Å²) < 4.78 is 25.8. The van der Waals surface area contributed by atoms with E-state index in [4.69, 9.17) is 0 Å². The van der Waals surface area contributed by atoms with E-state index in [9.17, 15) is 23.5 Å². The minimum absolute atomic E-state index is 0.00301. The molecule has 1 aromatic carbocycles. The van der Waals surface area contributed by atoms with Crippen molar-refractivity contribution in [1.29, 1.82) is 0 Å². The number of rotatable bonds is 3. The topological polar surface area (TPSA) is 78.4 Å². The van der Waals surface area contributed by atoms with Gasteiger partial charge in [-0.25, -0.2) is 8.78 Å². The van der Waals surface area contributed by atoms with Crippen LogP contribution in [0.25, 0.3) is 0 Å². The van der Waals surface area contributed by atoms with Crippen molar-refractivity contribution in [2.24, 2.45) is 5.92 Å². The van der Waals surface area contributed by atoms with E-state index < -0.39 is 29.6 Å². The molecule has 1 aliphatic carbocycles. The van der Waals surface area contributed by atoms with Gasteiger partial charge in [0, 0.05) is 24.2 Å². The smallest absolute Gasteiger partial charge is 0.313 e. The number of hydrogen-bond acceptors (Lipinski definition) is 3. The first-order valence-electron chi connectivity index (χ1n) is 7.19. The van der Waals surface area contributed by atoms with Gasteiger partial charge < -0.3 is 15.7 Å². The lowest BCUT2D eigenvalue weighted by Crippen LogP contribution is -2.41. The third-order valence-electron chi connectivity index (χ3n) is 3.78.